The average Bonchev–Trinajstić information content (AvgIpc) is 3.75. The second-order valence-electron chi connectivity index (χ2n) is 14.4. The van der Waals surface area contributed by atoms with Crippen molar-refractivity contribution in [2.45, 2.75) is 6.23 Å². The second-order valence-corrected chi connectivity index (χ2v) is 14.4. The highest BCUT2D eigenvalue weighted by atomic mass is 16.3. The van der Waals surface area contributed by atoms with Gasteiger partial charge in [-0.15, -0.1) is 0 Å². The van der Waals surface area contributed by atoms with Crippen molar-refractivity contribution < 1.29 is 9.90 Å². The minimum atomic E-state index is -1.23. The van der Waals surface area contributed by atoms with Crippen molar-refractivity contribution in [2.24, 2.45) is 0 Å². The summed E-state index contributed by atoms with van der Waals surface area (Å²) in [7, 11) is 0. The molecule has 272 valence electrons. The molecular weight excluding hydrogens is 713 g/mol. The van der Waals surface area contributed by atoms with Gasteiger partial charge in [0, 0.05) is 21.9 Å². The Bertz CT molecular complexity index is 3040. The second kappa shape index (κ2) is 13.9. The van der Waals surface area contributed by atoms with Crippen LogP contribution >= 0.6 is 0 Å². The molecule has 6 nitrogen and oxygen atoms in total. The van der Waals surface area contributed by atoms with Gasteiger partial charge in [-0.2, -0.15) is 10.5 Å². The van der Waals surface area contributed by atoms with Crippen LogP contribution in [0.4, 0.5) is 5.69 Å². The fourth-order valence-corrected chi connectivity index (χ4v) is 8.32. The maximum absolute atomic E-state index is 15.1. The smallest absolute Gasteiger partial charge is 0.263 e. The maximum Gasteiger partial charge on any atom is 0.263 e. The lowest BCUT2D eigenvalue weighted by atomic mass is 9.96. The lowest BCUT2D eigenvalue weighted by Gasteiger charge is -2.25. The Morgan fingerprint density at radius 1 is 0.466 bits per heavy atom. The molecule has 1 aromatic heterocycles. The molecule has 6 heteroatoms. The summed E-state index contributed by atoms with van der Waals surface area (Å²) in [5, 5.41) is 33.1. The summed E-state index contributed by atoms with van der Waals surface area (Å²) in [5.41, 5.74) is 12.8. The molecule has 10 rings (SSSR count). The third kappa shape index (κ3) is 5.64. The minimum Gasteiger partial charge on any atom is -0.369 e. The first-order chi connectivity index (χ1) is 28.5. The normalized spacial score (nSPS) is 13.4. The first-order valence-electron chi connectivity index (χ1n) is 19.0. The van der Waals surface area contributed by atoms with E-state index in [2.05, 4.69) is 71.3 Å². The van der Waals surface area contributed by atoms with Gasteiger partial charge in [0.05, 0.1) is 51.2 Å². The molecule has 0 radical (unpaired) electrons. The first-order valence-corrected chi connectivity index (χ1v) is 19.0. The number of hydrogen-bond donors (Lipinski definition) is 1. The van der Waals surface area contributed by atoms with Crippen LogP contribution in [-0.4, -0.2) is 15.6 Å². The monoisotopic (exact) mass is 744 g/mol. The van der Waals surface area contributed by atoms with Gasteiger partial charge in [0.2, 0.25) is 0 Å². The summed E-state index contributed by atoms with van der Waals surface area (Å²) in [5.74, 6) is -0.302. The van der Waals surface area contributed by atoms with Crippen LogP contribution in [0.1, 0.15) is 33.3 Å². The molecular formula is C52H32N4O2. The highest BCUT2D eigenvalue weighted by Gasteiger charge is 2.40. The molecule has 0 saturated carbocycles. The zero-order valence-electron chi connectivity index (χ0n) is 31.0. The first kappa shape index (κ1) is 34.5. The number of aromatic nitrogens is 1. The topological polar surface area (TPSA) is 93.0 Å². The number of carbonyl (C=O) groups excluding carboxylic acids is 1. The van der Waals surface area contributed by atoms with Crippen LogP contribution in [0.25, 0.3) is 72.0 Å². The van der Waals surface area contributed by atoms with Gasteiger partial charge in [-0.1, -0.05) is 127 Å². The van der Waals surface area contributed by atoms with Gasteiger partial charge >= 0.3 is 0 Å². The fraction of sp³-hybridized carbons (Fsp3) is 0.0192. The largest absolute Gasteiger partial charge is 0.369 e. The van der Waals surface area contributed by atoms with E-state index < -0.39 is 6.23 Å². The van der Waals surface area contributed by atoms with E-state index in [9.17, 15) is 15.6 Å². The van der Waals surface area contributed by atoms with E-state index in [1.54, 1.807) is 0 Å². The number of aliphatic hydroxyl groups is 1. The van der Waals surface area contributed by atoms with Crippen molar-refractivity contribution in [1.29, 1.82) is 10.5 Å². The molecule has 1 aliphatic heterocycles. The molecule has 0 fully saturated rings. The molecule has 2 heterocycles. The Labute approximate surface area is 335 Å². The highest BCUT2D eigenvalue weighted by Crippen LogP contribution is 2.46. The molecule has 0 spiro atoms. The molecule has 1 atom stereocenters. The molecule has 0 aliphatic carbocycles. The molecule has 1 aliphatic rings. The quantitative estimate of drug-likeness (QED) is 0.183. The number of nitriles is 2. The van der Waals surface area contributed by atoms with E-state index in [4.69, 9.17) is 0 Å². The van der Waals surface area contributed by atoms with Crippen molar-refractivity contribution in [2.75, 3.05) is 4.90 Å². The van der Waals surface area contributed by atoms with E-state index in [-0.39, 0.29) is 5.91 Å². The van der Waals surface area contributed by atoms with Crippen LogP contribution in [-0.2, 0) is 0 Å². The fourth-order valence-electron chi connectivity index (χ4n) is 8.32. The Morgan fingerprint density at radius 2 is 0.948 bits per heavy atom. The third-order valence-electron chi connectivity index (χ3n) is 11.2. The third-order valence-corrected chi connectivity index (χ3v) is 11.2. The predicted octanol–water partition coefficient (Wildman–Crippen LogP) is 11.8. The van der Waals surface area contributed by atoms with Crippen molar-refractivity contribution in [3.8, 4) is 62.3 Å². The zero-order valence-corrected chi connectivity index (χ0v) is 31.0. The van der Waals surface area contributed by atoms with Crippen molar-refractivity contribution in [1.82, 2.24) is 4.57 Å². The van der Waals surface area contributed by atoms with E-state index >= 15 is 4.79 Å². The van der Waals surface area contributed by atoms with Gasteiger partial charge in [-0.25, -0.2) is 0 Å². The highest BCUT2D eigenvalue weighted by molar-refractivity contribution is 6.17. The maximum atomic E-state index is 15.1. The van der Waals surface area contributed by atoms with Crippen molar-refractivity contribution in [3.63, 3.8) is 0 Å². The molecule has 1 amide bonds. The Morgan fingerprint density at radius 3 is 1.50 bits per heavy atom. The number of rotatable bonds is 6. The summed E-state index contributed by atoms with van der Waals surface area (Å²) in [4.78, 5) is 16.6. The summed E-state index contributed by atoms with van der Waals surface area (Å²) in [6, 6.07) is 63.9. The molecule has 9 aromatic rings. The number of anilines is 1. The number of benzene rings is 8. The van der Waals surface area contributed by atoms with Gasteiger partial charge in [-0.05, 0) is 93.5 Å². The summed E-state index contributed by atoms with van der Waals surface area (Å²) >= 11 is 0. The summed E-state index contributed by atoms with van der Waals surface area (Å²) in [6.07, 6.45) is -1.23. The van der Waals surface area contributed by atoms with E-state index in [0.717, 1.165) is 66.3 Å². The van der Waals surface area contributed by atoms with Crippen molar-refractivity contribution >= 4 is 33.4 Å². The lowest BCUT2D eigenvalue weighted by molar-refractivity contribution is 0.0935. The van der Waals surface area contributed by atoms with Gasteiger partial charge in [0.15, 0.2) is 6.23 Å². The van der Waals surface area contributed by atoms with E-state index in [0.29, 0.717) is 33.6 Å². The number of nitrogens with zero attached hydrogens (tertiary/aromatic N) is 4. The number of amides is 1. The number of fused-ring (bicyclic) bond motifs is 4. The minimum absolute atomic E-state index is 0.302. The molecule has 1 unspecified atom stereocenters. The van der Waals surface area contributed by atoms with Gasteiger partial charge < -0.3 is 9.67 Å². The number of carbonyl (C=O) groups is 1. The lowest BCUT2D eigenvalue weighted by Crippen LogP contribution is -2.28. The summed E-state index contributed by atoms with van der Waals surface area (Å²) < 4.78 is 2.13. The standard InChI is InChI=1S/C52H32N4O2/c53-31-33-14-18-36(19-15-33)40-22-25-42-43-26-23-41(37-20-16-34(32-54)17-21-37)30-49(43)55(48(42)29-40)47-13-7-12-44-50(47)52(58)56(51(44)57)46-27-24-39(35-8-3-1-4-9-35)28-45(46)38-10-5-2-6-11-38/h1-30,51,57H. The number of aliphatic hydroxyl groups excluding tert-OH is 1. The Kier molecular flexibility index (Phi) is 8.27. The van der Waals surface area contributed by atoms with Gasteiger partial charge in [-0.3, -0.25) is 9.69 Å². The predicted molar refractivity (Wildman–Crippen MR) is 230 cm³/mol. The van der Waals surface area contributed by atoms with Crippen LogP contribution < -0.4 is 4.90 Å². The van der Waals surface area contributed by atoms with Crippen LogP contribution in [0.2, 0.25) is 0 Å². The van der Waals surface area contributed by atoms with E-state index in [1.807, 2.05) is 127 Å². The molecule has 0 bridgehead atoms. The van der Waals surface area contributed by atoms with Crippen LogP contribution in [0.3, 0.4) is 0 Å². The Balaban J connectivity index is 1.18. The molecule has 0 saturated heterocycles. The van der Waals surface area contributed by atoms with Crippen LogP contribution in [0.5, 0.6) is 0 Å². The SMILES string of the molecule is N#Cc1ccc(-c2ccc3c4ccc(-c5ccc(C#N)cc5)cc4n(-c4cccc5c4C(=O)N(c4ccc(-c6ccccc6)cc4-c4ccccc4)C5O)c3c2)cc1. The molecule has 8 aromatic carbocycles. The Hall–Kier alpha value is -8.03. The average molecular weight is 745 g/mol. The van der Waals surface area contributed by atoms with E-state index in [1.165, 1.54) is 4.90 Å². The van der Waals surface area contributed by atoms with Gasteiger partial charge in [0.25, 0.3) is 5.91 Å². The van der Waals surface area contributed by atoms with Crippen LogP contribution in [0.15, 0.2) is 182 Å². The summed E-state index contributed by atoms with van der Waals surface area (Å²) in [6.45, 7) is 0. The van der Waals surface area contributed by atoms with Gasteiger partial charge in [0.1, 0.15) is 0 Å². The molecule has 58 heavy (non-hydrogen) atoms. The zero-order chi connectivity index (χ0) is 39.3. The molecule has 1 N–H and O–H groups in total. The van der Waals surface area contributed by atoms with Crippen molar-refractivity contribution in [3.05, 3.63) is 204 Å². The van der Waals surface area contributed by atoms with Crippen LogP contribution in [0, 0.1) is 22.7 Å². The number of hydrogen-bond acceptors (Lipinski definition) is 4.